The second-order valence-corrected chi connectivity index (χ2v) is 6.10. The van der Waals surface area contributed by atoms with Crippen LogP contribution < -0.4 is 0 Å². The minimum atomic E-state index is 0.187. The van der Waals surface area contributed by atoms with Crippen molar-refractivity contribution in [2.24, 2.45) is 0 Å². The molecule has 18 heavy (non-hydrogen) atoms. The van der Waals surface area contributed by atoms with Crippen molar-refractivity contribution in [3.8, 4) is 0 Å². The van der Waals surface area contributed by atoms with Gasteiger partial charge < -0.3 is 4.48 Å². The molecule has 0 saturated carbocycles. The van der Waals surface area contributed by atoms with Crippen LogP contribution in [0.2, 0.25) is 0 Å². The van der Waals surface area contributed by atoms with E-state index < -0.39 is 0 Å². The second kappa shape index (κ2) is 5.44. The topological polar surface area (TPSA) is 0 Å². The number of benzene rings is 1. The maximum absolute atomic E-state index is 6.71. The predicted octanol–water partition coefficient (Wildman–Crippen LogP) is 4.07. The van der Waals surface area contributed by atoms with Gasteiger partial charge in [0.2, 0.25) is 7.05 Å². The summed E-state index contributed by atoms with van der Waals surface area (Å²) in [4.78, 5) is 0. The zero-order valence-corrected chi connectivity index (χ0v) is 11.9. The average molecular weight is 244 g/mol. The fourth-order valence-corrected chi connectivity index (χ4v) is 3.48. The molecule has 0 aromatic heterocycles. The van der Waals surface area contributed by atoms with Crippen molar-refractivity contribution in [2.75, 3.05) is 13.1 Å². The molecule has 1 saturated heterocycles. The van der Waals surface area contributed by atoms with E-state index in [1.165, 1.54) is 31.2 Å². The Morgan fingerprint density at radius 3 is 2.33 bits per heavy atom. The van der Waals surface area contributed by atoms with Crippen molar-refractivity contribution >= 4 is 0 Å². The van der Waals surface area contributed by atoms with Crippen molar-refractivity contribution < 1.29 is 4.48 Å². The van der Waals surface area contributed by atoms with Gasteiger partial charge in [0.15, 0.2) is 0 Å². The average Bonchev–Trinajstić information content (AvgIpc) is 2.79. The molecule has 0 N–H and O–H groups in total. The highest BCUT2D eigenvalue weighted by atomic mass is 15.4. The van der Waals surface area contributed by atoms with Crippen LogP contribution in [0, 0.1) is 7.05 Å². The molecule has 98 valence electrons. The molecule has 0 bridgehead atoms. The van der Waals surface area contributed by atoms with E-state index in [0.717, 1.165) is 24.0 Å². The molecule has 1 heteroatoms. The largest absolute Gasteiger partial charge is 0.306 e. The van der Waals surface area contributed by atoms with E-state index in [4.69, 9.17) is 7.05 Å². The van der Waals surface area contributed by atoms with Crippen molar-refractivity contribution in [1.82, 2.24) is 0 Å². The predicted molar refractivity (Wildman–Crippen MR) is 77.0 cm³/mol. The smallest absolute Gasteiger partial charge is 0.207 e. The molecular weight excluding hydrogens is 218 g/mol. The molecule has 0 aliphatic carbocycles. The van der Waals surface area contributed by atoms with Crippen molar-refractivity contribution in [2.45, 2.75) is 51.5 Å². The molecule has 2 radical (unpaired) electrons. The SMILES string of the molecule is [CH][N+]1(C(C)(CCC)Cc2ccccc2)CCCC1. The lowest BCUT2D eigenvalue weighted by Gasteiger charge is -2.46. The summed E-state index contributed by atoms with van der Waals surface area (Å²) in [5.74, 6) is 0. The highest BCUT2D eigenvalue weighted by Crippen LogP contribution is 2.36. The number of rotatable bonds is 5. The van der Waals surface area contributed by atoms with E-state index in [1.54, 1.807) is 0 Å². The number of hydrogen-bond donors (Lipinski definition) is 0. The first-order valence-electron chi connectivity index (χ1n) is 7.29. The van der Waals surface area contributed by atoms with Gasteiger partial charge in [-0.15, -0.1) is 0 Å². The third-order valence-electron chi connectivity index (χ3n) is 4.66. The van der Waals surface area contributed by atoms with Crippen LogP contribution >= 0.6 is 0 Å². The van der Waals surface area contributed by atoms with Crippen LogP contribution in [0.25, 0.3) is 0 Å². The standard InChI is InChI=1S/C17H26N/c1-4-12-17(2,18(3)13-8-9-14-18)15-16-10-6-5-7-11-16/h3,5-7,10-11H,4,8-9,12-15H2,1-2H3/q+1. The molecule has 1 aliphatic rings. The molecule has 1 heterocycles. The summed E-state index contributed by atoms with van der Waals surface area (Å²) >= 11 is 0. The van der Waals surface area contributed by atoms with Crippen LogP contribution in [-0.2, 0) is 6.42 Å². The van der Waals surface area contributed by atoms with E-state index in [9.17, 15) is 0 Å². The van der Waals surface area contributed by atoms with Crippen molar-refractivity contribution in [3.63, 3.8) is 0 Å². The van der Waals surface area contributed by atoms with Gasteiger partial charge in [-0.1, -0.05) is 43.7 Å². The molecule has 1 aliphatic heterocycles. The quantitative estimate of drug-likeness (QED) is 0.685. The van der Waals surface area contributed by atoms with E-state index in [1.807, 2.05) is 0 Å². The molecule has 1 aromatic rings. The number of likely N-dealkylation sites (tertiary alicyclic amines) is 1. The molecular formula is C17H26N+. The summed E-state index contributed by atoms with van der Waals surface area (Å²) in [6.45, 7) is 6.94. The Balaban J connectivity index is 2.21. The second-order valence-electron chi connectivity index (χ2n) is 6.10. The lowest BCUT2D eigenvalue weighted by Crippen LogP contribution is -2.58. The molecule has 0 spiro atoms. The van der Waals surface area contributed by atoms with Crippen LogP contribution in [0.1, 0.15) is 45.1 Å². The molecule has 1 fully saturated rings. The van der Waals surface area contributed by atoms with Crippen LogP contribution in [0.15, 0.2) is 30.3 Å². The van der Waals surface area contributed by atoms with Gasteiger partial charge in [0.05, 0.1) is 13.1 Å². The maximum atomic E-state index is 6.71. The minimum absolute atomic E-state index is 0.187. The minimum Gasteiger partial charge on any atom is -0.306 e. The van der Waals surface area contributed by atoms with E-state index in [2.05, 4.69) is 44.2 Å². The summed E-state index contributed by atoms with van der Waals surface area (Å²) in [7, 11) is 6.71. The van der Waals surface area contributed by atoms with Gasteiger partial charge in [0.1, 0.15) is 5.54 Å². The molecule has 0 amide bonds. The van der Waals surface area contributed by atoms with Crippen LogP contribution in [0.5, 0.6) is 0 Å². The lowest BCUT2D eigenvalue weighted by atomic mass is 9.85. The maximum Gasteiger partial charge on any atom is 0.207 e. The van der Waals surface area contributed by atoms with E-state index in [-0.39, 0.29) is 5.54 Å². The number of nitrogens with zero attached hydrogens (tertiary/aromatic N) is 1. The lowest BCUT2D eigenvalue weighted by molar-refractivity contribution is -0.924. The molecule has 1 atom stereocenters. The first-order chi connectivity index (χ1) is 8.60. The van der Waals surface area contributed by atoms with Gasteiger partial charge in [-0.25, -0.2) is 0 Å². The van der Waals surface area contributed by atoms with E-state index >= 15 is 0 Å². The monoisotopic (exact) mass is 244 g/mol. The zero-order valence-electron chi connectivity index (χ0n) is 11.9. The van der Waals surface area contributed by atoms with Gasteiger partial charge in [-0.3, -0.25) is 0 Å². The molecule has 1 aromatic carbocycles. The fourth-order valence-electron chi connectivity index (χ4n) is 3.48. The third kappa shape index (κ3) is 2.61. The molecule has 1 unspecified atom stereocenters. The highest BCUT2D eigenvalue weighted by molar-refractivity contribution is 5.17. The summed E-state index contributed by atoms with van der Waals surface area (Å²) in [6, 6.07) is 10.8. The van der Waals surface area contributed by atoms with Gasteiger partial charge in [0, 0.05) is 25.7 Å². The Hall–Kier alpha value is -0.820. The molecule has 1 nitrogen and oxygen atoms in total. The third-order valence-corrected chi connectivity index (χ3v) is 4.66. The summed E-state index contributed by atoms with van der Waals surface area (Å²) in [5, 5.41) is 0. The van der Waals surface area contributed by atoms with Gasteiger partial charge in [0.25, 0.3) is 0 Å². The summed E-state index contributed by atoms with van der Waals surface area (Å²) < 4.78 is 0.774. The van der Waals surface area contributed by atoms with Gasteiger partial charge >= 0.3 is 0 Å². The zero-order chi connectivity index (χ0) is 13.1. The summed E-state index contributed by atoms with van der Waals surface area (Å²) in [5.41, 5.74) is 1.61. The normalized spacial score (nSPS) is 21.7. The van der Waals surface area contributed by atoms with Crippen LogP contribution in [0.4, 0.5) is 0 Å². The highest BCUT2D eigenvalue weighted by Gasteiger charge is 2.45. The Labute approximate surface area is 112 Å². The Bertz CT molecular complexity index is 364. The Morgan fingerprint density at radius 1 is 1.17 bits per heavy atom. The Morgan fingerprint density at radius 2 is 1.78 bits per heavy atom. The van der Waals surface area contributed by atoms with Crippen molar-refractivity contribution in [3.05, 3.63) is 42.9 Å². The summed E-state index contributed by atoms with van der Waals surface area (Å²) in [6.07, 6.45) is 6.08. The first kappa shape index (κ1) is 13.6. The van der Waals surface area contributed by atoms with Gasteiger partial charge in [-0.2, -0.15) is 0 Å². The van der Waals surface area contributed by atoms with Crippen LogP contribution in [0.3, 0.4) is 0 Å². The van der Waals surface area contributed by atoms with Gasteiger partial charge in [-0.05, 0) is 12.5 Å². The first-order valence-corrected chi connectivity index (χ1v) is 7.29. The van der Waals surface area contributed by atoms with Crippen LogP contribution in [-0.4, -0.2) is 23.1 Å². The number of quaternary nitrogens is 1. The van der Waals surface area contributed by atoms with Crippen molar-refractivity contribution in [1.29, 1.82) is 0 Å². The Kier molecular flexibility index (Phi) is 4.11. The molecule has 2 rings (SSSR count). The number of hydrogen-bond acceptors (Lipinski definition) is 0. The van der Waals surface area contributed by atoms with E-state index in [0.29, 0.717) is 0 Å². The fraction of sp³-hybridized carbons (Fsp3) is 0.588.